The number of rotatable bonds is 2. The highest BCUT2D eigenvalue weighted by molar-refractivity contribution is 5.91. The van der Waals surface area contributed by atoms with Gasteiger partial charge in [0, 0.05) is 17.7 Å². The number of aliphatic imine (C=N–C) groups is 1. The van der Waals surface area contributed by atoms with Crippen LogP contribution in [0.1, 0.15) is 11.7 Å². The Labute approximate surface area is 140 Å². The number of guanidine groups is 1. The molecule has 0 amide bonds. The molecule has 124 valence electrons. The molecule has 9 heteroatoms. The predicted molar refractivity (Wildman–Crippen MR) is 91.2 cm³/mol. The van der Waals surface area contributed by atoms with Gasteiger partial charge in [0.15, 0.2) is 0 Å². The Balaban J connectivity index is 1.95. The van der Waals surface area contributed by atoms with Gasteiger partial charge in [-0.1, -0.05) is 12.1 Å². The number of benzene rings is 2. The summed E-state index contributed by atoms with van der Waals surface area (Å²) in [4.78, 5) is 29.8. The van der Waals surface area contributed by atoms with Crippen molar-refractivity contribution >= 4 is 28.5 Å². The molecule has 2 heterocycles. The Morgan fingerprint density at radius 2 is 1.88 bits per heavy atom. The van der Waals surface area contributed by atoms with Crippen molar-refractivity contribution < 1.29 is 9.49 Å². The summed E-state index contributed by atoms with van der Waals surface area (Å²) in [5.41, 5.74) is 6.97. The first-order chi connectivity index (χ1) is 12.0. The van der Waals surface area contributed by atoms with Gasteiger partial charge in [0.05, 0.1) is 10.3 Å². The van der Waals surface area contributed by atoms with E-state index in [0.29, 0.717) is 22.4 Å². The fourth-order valence-electron chi connectivity index (χ4n) is 2.91. The lowest BCUT2D eigenvalue weighted by molar-refractivity contribution is -0.677. The molecule has 25 heavy (non-hydrogen) atoms. The number of H-pyrrole nitrogens is 1. The smallest absolute Gasteiger partial charge is 0.357 e. The second-order valence-corrected chi connectivity index (χ2v) is 5.55. The maximum Gasteiger partial charge on any atom is 0.367 e. The minimum absolute atomic E-state index is 0.00816. The number of fused-ring (bicyclic) bond motifs is 3. The molecule has 0 bridgehead atoms. The second kappa shape index (κ2) is 5.41. The zero-order chi connectivity index (χ0) is 17.6. The summed E-state index contributed by atoms with van der Waals surface area (Å²) >= 11 is 0. The Kier molecular flexibility index (Phi) is 3.21. The predicted octanol–water partition coefficient (Wildman–Crippen LogP) is 1.01. The van der Waals surface area contributed by atoms with Crippen LogP contribution < -0.4 is 21.2 Å². The molecule has 0 saturated heterocycles. The molecule has 0 saturated carbocycles. The van der Waals surface area contributed by atoms with E-state index in [2.05, 4.69) is 15.3 Å². The number of nitrogens with zero attached hydrogens (tertiary/aromatic N) is 3. The lowest BCUT2D eigenvalue weighted by Gasteiger charge is -2.21. The molecule has 9 nitrogen and oxygen atoms in total. The maximum absolute atomic E-state index is 12.3. The summed E-state index contributed by atoms with van der Waals surface area (Å²) in [7, 11) is 0. The summed E-state index contributed by atoms with van der Waals surface area (Å²) in [5.74, 6) is 0.550. The van der Waals surface area contributed by atoms with Crippen LogP contribution in [0.3, 0.4) is 0 Å². The normalized spacial score (nSPS) is 16.0. The van der Waals surface area contributed by atoms with Crippen LogP contribution in [-0.4, -0.2) is 15.9 Å². The Morgan fingerprint density at radius 1 is 1.16 bits per heavy atom. The lowest BCUT2D eigenvalue weighted by atomic mass is 10.1. The molecule has 1 aliphatic heterocycles. The third-order valence-electron chi connectivity index (χ3n) is 4.04. The summed E-state index contributed by atoms with van der Waals surface area (Å²) < 4.78 is 1.80. The standard InChI is InChI=1S/C16H12N6O3/c17-15-18-13(9-5-7-10(8-6-9)22(24)25)21-12-4-2-1-3-11(12)14(23)19-16(21)20-15/h1-8,13H,(H3,17,18,19,20,23)/p+1/t13-/m0/s1. The van der Waals surface area contributed by atoms with Crippen LogP contribution in [0.25, 0.3) is 10.9 Å². The van der Waals surface area contributed by atoms with Gasteiger partial charge in [0.25, 0.3) is 11.6 Å². The topological polar surface area (TPSA) is 130 Å². The van der Waals surface area contributed by atoms with Crippen molar-refractivity contribution in [2.45, 2.75) is 6.17 Å². The lowest BCUT2D eigenvalue weighted by Crippen LogP contribution is -2.51. The van der Waals surface area contributed by atoms with Crippen LogP contribution in [0.2, 0.25) is 0 Å². The van der Waals surface area contributed by atoms with E-state index in [1.165, 1.54) is 12.1 Å². The van der Waals surface area contributed by atoms with E-state index in [9.17, 15) is 14.9 Å². The number of non-ortho nitro benzene ring substituents is 1. The summed E-state index contributed by atoms with van der Waals surface area (Å²) in [6.45, 7) is 0. The van der Waals surface area contributed by atoms with Gasteiger partial charge >= 0.3 is 11.5 Å². The van der Waals surface area contributed by atoms with E-state index >= 15 is 0 Å². The van der Waals surface area contributed by atoms with E-state index < -0.39 is 11.1 Å². The zero-order valence-electron chi connectivity index (χ0n) is 12.8. The number of anilines is 1. The van der Waals surface area contributed by atoms with Gasteiger partial charge in [-0.15, -0.1) is 0 Å². The van der Waals surface area contributed by atoms with Crippen LogP contribution in [0.15, 0.2) is 58.3 Å². The minimum atomic E-state index is -0.557. The van der Waals surface area contributed by atoms with Gasteiger partial charge in [-0.05, 0) is 24.3 Å². The number of nitrogens with two attached hydrogens (primary N) is 1. The number of nitrogens with one attached hydrogen (secondary N) is 2. The summed E-state index contributed by atoms with van der Waals surface area (Å²) in [5, 5.41) is 14.2. The van der Waals surface area contributed by atoms with Crippen molar-refractivity contribution in [2.75, 3.05) is 5.32 Å². The largest absolute Gasteiger partial charge is 0.367 e. The van der Waals surface area contributed by atoms with Crippen molar-refractivity contribution in [1.29, 1.82) is 0 Å². The van der Waals surface area contributed by atoms with Crippen LogP contribution in [0.5, 0.6) is 0 Å². The van der Waals surface area contributed by atoms with Crippen molar-refractivity contribution in [3.63, 3.8) is 0 Å². The van der Waals surface area contributed by atoms with Gasteiger partial charge in [0.1, 0.15) is 5.52 Å². The highest BCUT2D eigenvalue weighted by Crippen LogP contribution is 2.23. The molecular formula is C16H13N6O3+. The highest BCUT2D eigenvalue weighted by atomic mass is 16.6. The highest BCUT2D eigenvalue weighted by Gasteiger charge is 2.30. The number of para-hydroxylation sites is 1. The first-order valence-corrected chi connectivity index (χ1v) is 7.46. The van der Waals surface area contributed by atoms with Crippen LogP contribution in [0, 0.1) is 10.1 Å². The number of hydrogen-bond acceptors (Lipinski definition) is 6. The third-order valence-corrected chi connectivity index (χ3v) is 4.04. The quantitative estimate of drug-likeness (QED) is 0.365. The Morgan fingerprint density at radius 3 is 2.60 bits per heavy atom. The maximum atomic E-state index is 12.3. The van der Waals surface area contributed by atoms with Crippen molar-refractivity contribution in [2.24, 2.45) is 10.7 Å². The summed E-state index contributed by atoms with van der Waals surface area (Å²) in [6.07, 6.45) is -0.557. The van der Waals surface area contributed by atoms with Crippen LogP contribution >= 0.6 is 0 Å². The van der Waals surface area contributed by atoms with E-state index in [1.807, 2.05) is 12.1 Å². The summed E-state index contributed by atoms with van der Waals surface area (Å²) in [6, 6.07) is 13.2. The fourth-order valence-corrected chi connectivity index (χ4v) is 2.91. The van der Waals surface area contributed by atoms with E-state index in [4.69, 9.17) is 5.73 Å². The van der Waals surface area contributed by atoms with Gasteiger partial charge < -0.3 is 5.73 Å². The monoisotopic (exact) mass is 337 g/mol. The van der Waals surface area contributed by atoms with E-state index in [-0.39, 0.29) is 17.2 Å². The molecule has 1 atom stereocenters. The molecular weight excluding hydrogens is 324 g/mol. The Hall–Kier alpha value is -3.75. The first kappa shape index (κ1) is 14.8. The number of nitro groups is 1. The molecule has 0 fully saturated rings. The fraction of sp³-hybridized carbons (Fsp3) is 0.0625. The van der Waals surface area contributed by atoms with Crippen molar-refractivity contribution in [3.8, 4) is 0 Å². The van der Waals surface area contributed by atoms with Crippen molar-refractivity contribution in [1.82, 2.24) is 4.98 Å². The number of aromatic amines is 1. The molecule has 1 aliphatic rings. The number of aromatic nitrogens is 2. The zero-order valence-corrected chi connectivity index (χ0v) is 12.8. The Bertz CT molecular complexity index is 1090. The molecule has 0 unspecified atom stereocenters. The van der Waals surface area contributed by atoms with Gasteiger partial charge in [0.2, 0.25) is 6.17 Å². The SMILES string of the molecule is NC1=N[C@H](c2ccc([N+](=O)[O-])cc2)[n+]2c([nH]c(=O)c3ccccc32)N1. The number of hydrogen-bond donors (Lipinski definition) is 3. The molecule has 0 spiro atoms. The number of nitro benzene ring substituents is 1. The molecule has 0 aliphatic carbocycles. The molecule has 4 rings (SSSR count). The molecule has 4 N–H and O–H groups in total. The molecule has 1 aromatic heterocycles. The van der Waals surface area contributed by atoms with Gasteiger partial charge in [-0.3, -0.25) is 14.9 Å². The van der Waals surface area contributed by atoms with E-state index in [1.54, 1.807) is 28.8 Å². The van der Waals surface area contributed by atoms with Crippen LogP contribution in [0.4, 0.5) is 11.6 Å². The third kappa shape index (κ3) is 2.38. The average molecular weight is 337 g/mol. The minimum Gasteiger partial charge on any atom is -0.357 e. The van der Waals surface area contributed by atoms with E-state index in [0.717, 1.165) is 0 Å². The molecule has 2 aromatic carbocycles. The average Bonchev–Trinajstić information content (AvgIpc) is 2.61. The van der Waals surface area contributed by atoms with Crippen LogP contribution in [-0.2, 0) is 0 Å². The first-order valence-electron chi connectivity index (χ1n) is 7.46. The van der Waals surface area contributed by atoms with Gasteiger partial charge in [-0.25, -0.2) is 14.9 Å². The van der Waals surface area contributed by atoms with Gasteiger partial charge in [-0.2, -0.15) is 4.99 Å². The second-order valence-electron chi connectivity index (χ2n) is 5.55. The molecule has 3 aromatic rings. The van der Waals surface area contributed by atoms with Crippen molar-refractivity contribution in [3.05, 3.63) is 74.6 Å². The molecule has 0 radical (unpaired) electrons.